The van der Waals surface area contributed by atoms with E-state index in [2.05, 4.69) is 10.6 Å². The van der Waals surface area contributed by atoms with Gasteiger partial charge in [0.15, 0.2) is 0 Å². The van der Waals surface area contributed by atoms with Crippen LogP contribution in [0.5, 0.6) is 0 Å². The van der Waals surface area contributed by atoms with Gasteiger partial charge < -0.3 is 15.7 Å². The van der Waals surface area contributed by atoms with Crippen LogP contribution < -0.4 is 10.6 Å². The average Bonchev–Trinajstić information content (AvgIpc) is 2.36. The van der Waals surface area contributed by atoms with E-state index in [4.69, 9.17) is 5.11 Å². The van der Waals surface area contributed by atoms with Gasteiger partial charge in [0.25, 0.3) is 0 Å². The first-order valence-electron chi connectivity index (χ1n) is 6.16. The Kier molecular flexibility index (Phi) is 5.06. The van der Waals surface area contributed by atoms with Crippen LogP contribution in [0.15, 0.2) is 24.3 Å². The van der Waals surface area contributed by atoms with Gasteiger partial charge in [0.2, 0.25) is 5.91 Å². The standard InChI is InChI=1S/C14H20N2O3/c1-14(2,13(18)19)10-4-6-11(7-5-10)16-12(17)8-9-15-3/h4-7,15H,8-9H2,1-3H3,(H,16,17)(H,18,19). The smallest absolute Gasteiger partial charge is 0.313 e. The third kappa shape index (κ3) is 4.06. The minimum atomic E-state index is -0.936. The fourth-order valence-corrected chi connectivity index (χ4v) is 1.56. The summed E-state index contributed by atoms with van der Waals surface area (Å²) in [6.07, 6.45) is 0.402. The van der Waals surface area contributed by atoms with Crippen molar-refractivity contribution in [1.82, 2.24) is 5.32 Å². The SMILES string of the molecule is CNCCC(=O)Nc1ccc(C(C)(C)C(=O)O)cc1. The number of hydrogen-bond acceptors (Lipinski definition) is 3. The number of carbonyl (C=O) groups is 2. The lowest BCUT2D eigenvalue weighted by Gasteiger charge is -2.19. The van der Waals surface area contributed by atoms with E-state index in [1.54, 1.807) is 45.2 Å². The summed E-state index contributed by atoms with van der Waals surface area (Å²) in [5, 5.41) is 14.8. The molecule has 1 aromatic carbocycles. The van der Waals surface area contributed by atoms with Crippen molar-refractivity contribution in [1.29, 1.82) is 0 Å². The number of amides is 1. The van der Waals surface area contributed by atoms with Crippen LogP contribution in [0.2, 0.25) is 0 Å². The molecule has 0 aliphatic carbocycles. The average molecular weight is 264 g/mol. The lowest BCUT2D eigenvalue weighted by molar-refractivity contribution is -0.142. The lowest BCUT2D eigenvalue weighted by atomic mass is 9.85. The second-order valence-electron chi connectivity index (χ2n) is 4.91. The number of carboxylic acid groups (broad SMARTS) is 1. The number of benzene rings is 1. The van der Waals surface area contributed by atoms with E-state index in [9.17, 15) is 9.59 Å². The van der Waals surface area contributed by atoms with Gasteiger partial charge in [-0.25, -0.2) is 0 Å². The molecule has 0 aromatic heterocycles. The molecule has 1 amide bonds. The molecule has 5 nitrogen and oxygen atoms in total. The van der Waals surface area contributed by atoms with Gasteiger partial charge in [-0.05, 0) is 38.6 Å². The Balaban J connectivity index is 2.72. The van der Waals surface area contributed by atoms with Crippen molar-refractivity contribution >= 4 is 17.6 Å². The molecule has 0 saturated heterocycles. The van der Waals surface area contributed by atoms with E-state index in [1.165, 1.54) is 0 Å². The van der Waals surface area contributed by atoms with Gasteiger partial charge in [-0.1, -0.05) is 12.1 Å². The topological polar surface area (TPSA) is 78.4 Å². The molecular formula is C14H20N2O3. The minimum Gasteiger partial charge on any atom is -0.481 e. The van der Waals surface area contributed by atoms with Crippen LogP contribution in [0.3, 0.4) is 0 Å². The van der Waals surface area contributed by atoms with Crippen LogP contribution in [-0.4, -0.2) is 30.6 Å². The minimum absolute atomic E-state index is 0.0698. The molecule has 0 radical (unpaired) electrons. The zero-order valence-electron chi connectivity index (χ0n) is 11.5. The third-order valence-corrected chi connectivity index (χ3v) is 3.03. The molecule has 104 valence electrons. The highest BCUT2D eigenvalue weighted by Crippen LogP contribution is 2.24. The molecule has 1 rings (SSSR count). The molecule has 0 bridgehead atoms. The van der Waals surface area contributed by atoms with Crippen LogP contribution in [0, 0.1) is 0 Å². The number of nitrogens with one attached hydrogen (secondary N) is 2. The van der Waals surface area contributed by atoms with E-state index >= 15 is 0 Å². The van der Waals surface area contributed by atoms with Gasteiger partial charge in [-0.3, -0.25) is 9.59 Å². The molecular weight excluding hydrogens is 244 g/mol. The number of rotatable bonds is 6. The first-order chi connectivity index (χ1) is 8.87. The summed E-state index contributed by atoms with van der Waals surface area (Å²) in [5.41, 5.74) is 0.438. The number of anilines is 1. The van der Waals surface area contributed by atoms with Gasteiger partial charge in [0.05, 0.1) is 5.41 Å². The molecule has 0 fully saturated rings. The first kappa shape index (κ1) is 15.2. The predicted molar refractivity (Wildman–Crippen MR) is 74.3 cm³/mol. The highest BCUT2D eigenvalue weighted by atomic mass is 16.4. The van der Waals surface area contributed by atoms with Crippen LogP contribution in [-0.2, 0) is 15.0 Å². The van der Waals surface area contributed by atoms with Crippen LogP contribution in [0.1, 0.15) is 25.8 Å². The summed E-state index contributed by atoms with van der Waals surface area (Å²) in [6, 6.07) is 6.89. The predicted octanol–water partition coefficient (Wildman–Crippen LogP) is 1.60. The van der Waals surface area contributed by atoms with Crippen molar-refractivity contribution in [3.63, 3.8) is 0 Å². The fraction of sp³-hybridized carbons (Fsp3) is 0.429. The Labute approximate surface area is 113 Å². The maximum atomic E-state index is 11.5. The molecule has 19 heavy (non-hydrogen) atoms. The van der Waals surface area contributed by atoms with Crippen LogP contribution >= 0.6 is 0 Å². The Bertz CT molecular complexity index is 452. The molecule has 0 unspecified atom stereocenters. The molecule has 3 N–H and O–H groups in total. The fourth-order valence-electron chi connectivity index (χ4n) is 1.56. The second-order valence-corrected chi connectivity index (χ2v) is 4.91. The van der Waals surface area contributed by atoms with Gasteiger partial charge in [0.1, 0.15) is 0 Å². The van der Waals surface area contributed by atoms with E-state index in [-0.39, 0.29) is 5.91 Å². The Morgan fingerprint density at radius 2 is 1.79 bits per heavy atom. The Morgan fingerprint density at radius 3 is 2.26 bits per heavy atom. The van der Waals surface area contributed by atoms with Crippen molar-refractivity contribution in [3.8, 4) is 0 Å². The van der Waals surface area contributed by atoms with Crippen molar-refractivity contribution in [2.75, 3.05) is 18.9 Å². The zero-order valence-corrected chi connectivity index (χ0v) is 11.5. The van der Waals surface area contributed by atoms with E-state index in [0.29, 0.717) is 24.2 Å². The summed E-state index contributed by atoms with van der Waals surface area (Å²) in [5.74, 6) is -0.946. The highest BCUT2D eigenvalue weighted by molar-refractivity contribution is 5.91. The lowest BCUT2D eigenvalue weighted by Crippen LogP contribution is -2.28. The van der Waals surface area contributed by atoms with Crippen molar-refractivity contribution in [3.05, 3.63) is 29.8 Å². The second kappa shape index (κ2) is 6.33. The molecule has 5 heteroatoms. The maximum Gasteiger partial charge on any atom is 0.313 e. The summed E-state index contributed by atoms with van der Waals surface area (Å²) in [4.78, 5) is 22.6. The third-order valence-electron chi connectivity index (χ3n) is 3.03. The molecule has 0 spiro atoms. The number of aliphatic carboxylic acids is 1. The summed E-state index contributed by atoms with van der Waals surface area (Å²) in [7, 11) is 1.79. The monoisotopic (exact) mass is 264 g/mol. The van der Waals surface area contributed by atoms with E-state index in [0.717, 1.165) is 0 Å². The summed E-state index contributed by atoms with van der Waals surface area (Å²) in [6.45, 7) is 3.92. The van der Waals surface area contributed by atoms with E-state index in [1.807, 2.05) is 0 Å². The van der Waals surface area contributed by atoms with Gasteiger partial charge in [-0.15, -0.1) is 0 Å². The quantitative estimate of drug-likeness (QED) is 0.729. The highest BCUT2D eigenvalue weighted by Gasteiger charge is 2.29. The maximum absolute atomic E-state index is 11.5. The molecule has 1 aromatic rings. The van der Waals surface area contributed by atoms with Crippen molar-refractivity contribution in [2.45, 2.75) is 25.7 Å². The number of carboxylic acids is 1. The largest absolute Gasteiger partial charge is 0.481 e. The number of hydrogen-bond donors (Lipinski definition) is 3. The van der Waals surface area contributed by atoms with Gasteiger partial charge in [0, 0.05) is 18.7 Å². The van der Waals surface area contributed by atoms with Gasteiger partial charge in [-0.2, -0.15) is 0 Å². The number of carbonyl (C=O) groups excluding carboxylic acids is 1. The first-order valence-corrected chi connectivity index (χ1v) is 6.16. The molecule has 0 atom stereocenters. The zero-order chi connectivity index (χ0) is 14.5. The molecule has 0 saturated carbocycles. The van der Waals surface area contributed by atoms with Gasteiger partial charge >= 0.3 is 5.97 Å². The summed E-state index contributed by atoms with van der Waals surface area (Å²) >= 11 is 0. The molecule has 0 aliphatic rings. The van der Waals surface area contributed by atoms with Crippen LogP contribution in [0.4, 0.5) is 5.69 Å². The van der Waals surface area contributed by atoms with Crippen molar-refractivity contribution < 1.29 is 14.7 Å². The van der Waals surface area contributed by atoms with E-state index < -0.39 is 11.4 Å². The molecule has 0 aliphatic heterocycles. The Hall–Kier alpha value is -1.88. The van der Waals surface area contributed by atoms with Crippen molar-refractivity contribution in [2.24, 2.45) is 0 Å². The normalized spacial score (nSPS) is 11.1. The Morgan fingerprint density at radius 1 is 1.21 bits per heavy atom. The summed E-state index contributed by atoms with van der Waals surface area (Å²) < 4.78 is 0. The molecule has 0 heterocycles. The van der Waals surface area contributed by atoms with Crippen LogP contribution in [0.25, 0.3) is 0 Å².